The Balaban J connectivity index is 1.86. The van der Waals surface area contributed by atoms with E-state index in [0.717, 1.165) is 17.0 Å². The molecule has 4 nitrogen and oxygen atoms in total. The molecule has 0 aliphatic carbocycles. The lowest BCUT2D eigenvalue weighted by molar-refractivity contribution is 0.0943. The van der Waals surface area contributed by atoms with Crippen LogP contribution in [-0.4, -0.2) is 15.7 Å². The molecule has 0 saturated carbocycles. The second kappa shape index (κ2) is 7.66. The Bertz CT molecular complexity index is 819. The minimum absolute atomic E-state index is 0.106. The van der Waals surface area contributed by atoms with E-state index >= 15 is 0 Å². The monoisotopic (exact) mass is 353 g/mol. The Labute approximate surface area is 152 Å². The van der Waals surface area contributed by atoms with Gasteiger partial charge < -0.3 is 5.32 Å². The van der Waals surface area contributed by atoms with Crippen LogP contribution in [0.3, 0.4) is 0 Å². The molecule has 1 amide bonds. The van der Waals surface area contributed by atoms with Crippen molar-refractivity contribution in [1.82, 2.24) is 15.1 Å². The van der Waals surface area contributed by atoms with E-state index in [-0.39, 0.29) is 11.9 Å². The van der Waals surface area contributed by atoms with Crippen LogP contribution in [0.4, 0.5) is 0 Å². The van der Waals surface area contributed by atoms with Gasteiger partial charge in [0.25, 0.3) is 5.91 Å². The van der Waals surface area contributed by atoms with E-state index in [9.17, 15) is 4.79 Å². The van der Waals surface area contributed by atoms with Gasteiger partial charge in [-0.1, -0.05) is 44.2 Å². The zero-order valence-electron chi connectivity index (χ0n) is 14.8. The van der Waals surface area contributed by atoms with Crippen molar-refractivity contribution in [3.05, 3.63) is 75.7 Å². The first-order chi connectivity index (χ1) is 12.1. The van der Waals surface area contributed by atoms with Crippen LogP contribution in [0.2, 0.25) is 0 Å². The van der Waals surface area contributed by atoms with Gasteiger partial charge >= 0.3 is 0 Å². The van der Waals surface area contributed by atoms with Gasteiger partial charge in [-0.3, -0.25) is 9.48 Å². The average molecular weight is 353 g/mol. The maximum atomic E-state index is 12.7. The largest absolute Gasteiger partial charge is 0.340 e. The van der Waals surface area contributed by atoms with E-state index < -0.39 is 0 Å². The predicted octanol–water partition coefficient (Wildman–Crippen LogP) is 4.61. The highest BCUT2D eigenvalue weighted by Crippen LogP contribution is 2.27. The summed E-state index contributed by atoms with van der Waals surface area (Å²) in [4.78, 5) is 13.8. The predicted molar refractivity (Wildman–Crippen MR) is 102 cm³/mol. The van der Waals surface area contributed by atoms with Crippen LogP contribution in [-0.2, 0) is 6.54 Å². The summed E-state index contributed by atoms with van der Waals surface area (Å²) in [5.41, 5.74) is 2.97. The molecule has 1 atom stereocenters. The number of hydrogen-bond donors (Lipinski definition) is 1. The van der Waals surface area contributed by atoms with Crippen LogP contribution >= 0.6 is 11.3 Å². The SMILES string of the molecule is CCn1cc(C(=O)NC(c2ccc(C(C)C)cc2)c2cccs2)cn1. The maximum absolute atomic E-state index is 12.7. The van der Waals surface area contributed by atoms with Gasteiger partial charge in [0.15, 0.2) is 0 Å². The summed E-state index contributed by atoms with van der Waals surface area (Å²) < 4.78 is 1.76. The number of nitrogens with zero attached hydrogens (tertiary/aromatic N) is 2. The zero-order chi connectivity index (χ0) is 17.8. The Hall–Kier alpha value is -2.40. The highest BCUT2D eigenvalue weighted by molar-refractivity contribution is 7.10. The van der Waals surface area contributed by atoms with Crippen LogP contribution in [0.25, 0.3) is 0 Å². The molecule has 0 radical (unpaired) electrons. The smallest absolute Gasteiger partial charge is 0.255 e. The molecule has 5 heteroatoms. The molecule has 0 aliphatic rings. The van der Waals surface area contributed by atoms with E-state index in [4.69, 9.17) is 0 Å². The first kappa shape index (κ1) is 17.4. The Kier molecular flexibility index (Phi) is 5.34. The fourth-order valence-corrected chi connectivity index (χ4v) is 3.52. The summed E-state index contributed by atoms with van der Waals surface area (Å²) in [6.45, 7) is 7.11. The van der Waals surface area contributed by atoms with Gasteiger partial charge in [0.2, 0.25) is 0 Å². The van der Waals surface area contributed by atoms with Gasteiger partial charge in [-0.05, 0) is 35.4 Å². The minimum atomic E-state index is -0.154. The van der Waals surface area contributed by atoms with E-state index in [0.29, 0.717) is 11.5 Å². The van der Waals surface area contributed by atoms with Crippen molar-refractivity contribution in [2.75, 3.05) is 0 Å². The maximum Gasteiger partial charge on any atom is 0.255 e. The van der Waals surface area contributed by atoms with Crippen molar-refractivity contribution < 1.29 is 4.79 Å². The van der Waals surface area contributed by atoms with Crippen molar-refractivity contribution in [1.29, 1.82) is 0 Å². The minimum Gasteiger partial charge on any atom is -0.340 e. The van der Waals surface area contributed by atoms with Crippen molar-refractivity contribution in [3.8, 4) is 0 Å². The zero-order valence-corrected chi connectivity index (χ0v) is 15.6. The summed E-state index contributed by atoms with van der Waals surface area (Å²) in [6.07, 6.45) is 3.40. The van der Waals surface area contributed by atoms with Crippen molar-refractivity contribution >= 4 is 17.2 Å². The Morgan fingerprint density at radius 3 is 2.48 bits per heavy atom. The van der Waals surface area contributed by atoms with E-state index in [2.05, 4.69) is 54.6 Å². The molecule has 0 saturated heterocycles. The van der Waals surface area contributed by atoms with Gasteiger partial charge in [0.05, 0.1) is 17.8 Å². The van der Waals surface area contributed by atoms with Gasteiger partial charge in [0, 0.05) is 17.6 Å². The fraction of sp³-hybridized carbons (Fsp3) is 0.300. The van der Waals surface area contributed by atoms with Gasteiger partial charge in [0.1, 0.15) is 0 Å². The number of rotatable bonds is 6. The standard InChI is InChI=1S/C20H23N3OS/c1-4-23-13-17(12-21-23)20(24)22-19(18-6-5-11-25-18)16-9-7-15(8-10-16)14(2)3/h5-14,19H,4H2,1-3H3,(H,22,24). The molecule has 3 aromatic rings. The second-order valence-corrected chi connectivity index (χ2v) is 7.31. The molecule has 2 aromatic heterocycles. The highest BCUT2D eigenvalue weighted by atomic mass is 32.1. The van der Waals surface area contributed by atoms with Gasteiger partial charge in [-0.25, -0.2) is 0 Å². The topological polar surface area (TPSA) is 46.9 Å². The third-order valence-electron chi connectivity index (χ3n) is 4.26. The highest BCUT2D eigenvalue weighted by Gasteiger charge is 2.20. The normalized spacial score (nSPS) is 12.3. The first-order valence-corrected chi connectivity index (χ1v) is 9.43. The molecule has 1 unspecified atom stereocenters. The number of aryl methyl sites for hydroxylation is 1. The van der Waals surface area contributed by atoms with Gasteiger partial charge in [-0.15, -0.1) is 11.3 Å². The van der Waals surface area contributed by atoms with Crippen molar-refractivity contribution in [2.24, 2.45) is 0 Å². The van der Waals surface area contributed by atoms with Crippen LogP contribution in [0.15, 0.2) is 54.2 Å². The molecular formula is C20H23N3OS. The number of thiophene rings is 1. The molecule has 0 aliphatic heterocycles. The van der Waals surface area contributed by atoms with E-state index in [1.165, 1.54) is 5.56 Å². The number of amides is 1. The lowest BCUT2D eigenvalue weighted by Crippen LogP contribution is -2.28. The number of hydrogen-bond acceptors (Lipinski definition) is 3. The second-order valence-electron chi connectivity index (χ2n) is 6.33. The molecule has 25 heavy (non-hydrogen) atoms. The summed E-state index contributed by atoms with van der Waals surface area (Å²) >= 11 is 1.65. The summed E-state index contributed by atoms with van der Waals surface area (Å²) in [5.74, 6) is 0.384. The quantitative estimate of drug-likeness (QED) is 0.703. The molecule has 2 heterocycles. The van der Waals surface area contributed by atoms with Crippen molar-refractivity contribution in [2.45, 2.75) is 39.3 Å². The summed E-state index contributed by atoms with van der Waals surface area (Å²) in [5, 5.41) is 9.38. The van der Waals surface area contributed by atoms with Gasteiger partial charge in [-0.2, -0.15) is 5.10 Å². The molecule has 0 bridgehead atoms. The number of carbonyl (C=O) groups is 1. The average Bonchev–Trinajstić information content (AvgIpc) is 3.31. The number of aromatic nitrogens is 2. The third kappa shape index (κ3) is 3.99. The molecular weight excluding hydrogens is 330 g/mol. The number of benzene rings is 1. The summed E-state index contributed by atoms with van der Waals surface area (Å²) in [7, 11) is 0. The molecule has 0 fully saturated rings. The van der Waals surface area contributed by atoms with Crippen LogP contribution in [0, 0.1) is 0 Å². The van der Waals surface area contributed by atoms with Crippen LogP contribution in [0.1, 0.15) is 59.1 Å². The van der Waals surface area contributed by atoms with E-state index in [1.807, 2.05) is 18.4 Å². The molecule has 130 valence electrons. The van der Waals surface area contributed by atoms with Crippen LogP contribution in [0.5, 0.6) is 0 Å². The number of nitrogens with one attached hydrogen (secondary N) is 1. The fourth-order valence-electron chi connectivity index (χ4n) is 2.72. The molecule has 1 N–H and O–H groups in total. The Morgan fingerprint density at radius 1 is 1.20 bits per heavy atom. The molecule has 0 spiro atoms. The first-order valence-electron chi connectivity index (χ1n) is 8.55. The van der Waals surface area contributed by atoms with E-state index in [1.54, 1.807) is 28.4 Å². The lowest BCUT2D eigenvalue weighted by atomic mass is 9.98. The van der Waals surface area contributed by atoms with Crippen LogP contribution < -0.4 is 5.32 Å². The number of carbonyl (C=O) groups excluding carboxylic acids is 1. The molecule has 3 rings (SSSR count). The Morgan fingerprint density at radius 2 is 1.92 bits per heavy atom. The van der Waals surface area contributed by atoms with Crippen molar-refractivity contribution in [3.63, 3.8) is 0 Å². The third-order valence-corrected chi connectivity index (χ3v) is 5.20. The summed E-state index contributed by atoms with van der Waals surface area (Å²) in [6, 6.07) is 12.4. The lowest BCUT2D eigenvalue weighted by Gasteiger charge is -2.18. The molecule has 1 aromatic carbocycles.